The molecule has 2 heterocycles. The summed E-state index contributed by atoms with van der Waals surface area (Å²) in [6.45, 7) is 5.90. The van der Waals surface area contributed by atoms with E-state index >= 15 is 0 Å². The number of aromatic nitrogens is 3. The first-order valence-electron chi connectivity index (χ1n) is 5.57. The summed E-state index contributed by atoms with van der Waals surface area (Å²) in [5.41, 5.74) is 7.78. The predicted octanol–water partition coefficient (Wildman–Crippen LogP) is 2.66. The number of nitrogen functional groups attached to an aromatic ring is 1. The molecule has 0 spiro atoms. The van der Waals surface area contributed by atoms with Crippen molar-refractivity contribution in [1.29, 1.82) is 0 Å². The Morgan fingerprint density at radius 2 is 2.41 bits per heavy atom. The molecule has 17 heavy (non-hydrogen) atoms. The molecule has 88 valence electrons. The number of hydrogen-bond acceptors (Lipinski definition) is 3. The molecule has 0 aliphatic heterocycles. The van der Waals surface area contributed by atoms with E-state index in [4.69, 9.17) is 5.73 Å². The number of hydrogen-bond donors (Lipinski definition) is 1. The van der Waals surface area contributed by atoms with Crippen molar-refractivity contribution in [2.45, 2.75) is 19.4 Å². The van der Waals surface area contributed by atoms with Crippen molar-refractivity contribution in [1.82, 2.24) is 14.5 Å². The fourth-order valence-electron chi connectivity index (χ4n) is 1.84. The molecule has 1 atom stereocenters. The van der Waals surface area contributed by atoms with Crippen molar-refractivity contribution in [2.75, 3.05) is 5.73 Å². The molecule has 2 aromatic heterocycles. The lowest BCUT2D eigenvalue weighted by Gasteiger charge is -2.14. The van der Waals surface area contributed by atoms with Crippen LogP contribution in [0.25, 0.3) is 11.3 Å². The molecule has 0 radical (unpaired) electrons. The minimum absolute atomic E-state index is 0.333. The standard InChI is InChI=1S/C13H16N4/c1-3-4-10(2)17-9-15-8-12(17)11-5-6-16-13(14)7-11/h3,5-10H,1,4H2,2H3,(H2,14,16). The summed E-state index contributed by atoms with van der Waals surface area (Å²) in [5, 5.41) is 0. The Bertz CT molecular complexity index is 516. The van der Waals surface area contributed by atoms with Crippen molar-refractivity contribution >= 4 is 5.82 Å². The van der Waals surface area contributed by atoms with Gasteiger partial charge in [0, 0.05) is 17.8 Å². The summed E-state index contributed by atoms with van der Waals surface area (Å²) < 4.78 is 2.12. The Hall–Kier alpha value is -2.10. The highest BCUT2D eigenvalue weighted by Crippen LogP contribution is 2.24. The zero-order valence-corrected chi connectivity index (χ0v) is 9.87. The Morgan fingerprint density at radius 1 is 1.59 bits per heavy atom. The third kappa shape index (κ3) is 2.36. The molecule has 0 aromatic carbocycles. The van der Waals surface area contributed by atoms with Gasteiger partial charge in [-0.1, -0.05) is 6.08 Å². The Labute approximate surface area is 101 Å². The Kier molecular flexibility index (Phi) is 3.23. The molecule has 0 saturated carbocycles. The highest BCUT2D eigenvalue weighted by Gasteiger charge is 2.10. The van der Waals surface area contributed by atoms with Gasteiger partial charge in [0.05, 0.1) is 18.2 Å². The molecule has 0 aliphatic rings. The summed E-state index contributed by atoms with van der Waals surface area (Å²) in [4.78, 5) is 8.19. The quantitative estimate of drug-likeness (QED) is 0.818. The maximum absolute atomic E-state index is 5.69. The zero-order valence-electron chi connectivity index (χ0n) is 9.87. The van der Waals surface area contributed by atoms with Gasteiger partial charge in [-0.05, 0) is 25.5 Å². The number of nitrogens with zero attached hydrogens (tertiary/aromatic N) is 3. The van der Waals surface area contributed by atoms with Crippen molar-refractivity contribution < 1.29 is 0 Å². The molecule has 1 unspecified atom stereocenters. The molecule has 0 saturated heterocycles. The van der Waals surface area contributed by atoms with Crippen LogP contribution in [0.15, 0.2) is 43.5 Å². The van der Waals surface area contributed by atoms with Crippen LogP contribution in [0.4, 0.5) is 5.82 Å². The summed E-state index contributed by atoms with van der Waals surface area (Å²) in [6.07, 6.45) is 8.20. The second-order valence-electron chi connectivity index (χ2n) is 4.03. The van der Waals surface area contributed by atoms with Crippen molar-refractivity contribution in [2.24, 2.45) is 0 Å². The van der Waals surface area contributed by atoms with E-state index in [-0.39, 0.29) is 0 Å². The van der Waals surface area contributed by atoms with Crippen LogP contribution in [-0.4, -0.2) is 14.5 Å². The van der Waals surface area contributed by atoms with Crippen LogP contribution < -0.4 is 5.73 Å². The summed E-state index contributed by atoms with van der Waals surface area (Å²) in [7, 11) is 0. The average Bonchev–Trinajstić information content (AvgIpc) is 2.78. The van der Waals surface area contributed by atoms with Crippen molar-refractivity contribution in [3.8, 4) is 11.3 Å². The van der Waals surface area contributed by atoms with Crippen LogP contribution in [0.1, 0.15) is 19.4 Å². The van der Waals surface area contributed by atoms with Gasteiger partial charge in [0.25, 0.3) is 0 Å². The van der Waals surface area contributed by atoms with E-state index in [9.17, 15) is 0 Å². The van der Waals surface area contributed by atoms with Gasteiger partial charge >= 0.3 is 0 Å². The van der Waals surface area contributed by atoms with Gasteiger partial charge in [-0.15, -0.1) is 6.58 Å². The molecule has 4 nitrogen and oxygen atoms in total. The second kappa shape index (κ2) is 4.82. The fourth-order valence-corrected chi connectivity index (χ4v) is 1.84. The number of allylic oxidation sites excluding steroid dienone is 1. The smallest absolute Gasteiger partial charge is 0.123 e. The maximum atomic E-state index is 5.69. The minimum atomic E-state index is 0.333. The van der Waals surface area contributed by atoms with Crippen LogP contribution >= 0.6 is 0 Å². The van der Waals surface area contributed by atoms with Gasteiger partial charge in [-0.3, -0.25) is 0 Å². The van der Waals surface area contributed by atoms with Crippen molar-refractivity contribution in [3.05, 3.63) is 43.5 Å². The van der Waals surface area contributed by atoms with E-state index in [1.807, 2.05) is 30.7 Å². The van der Waals surface area contributed by atoms with E-state index in [2.05, 4.69) is 28.0 Å². The maximum Gasteiger partial charge on any atom is 0.123 e. The lowest BCUT2D eigenvalue weighted by molar-refractivity contribution is 0.559. The molecule has 2 N–H and O–H groups in total. The number of anilines is 1. The molecular weight excluding hydrogens is 212 g/mol. The second-order valence-corrected chi connectivity index (χ2v) is 4.03. The molecular formula is C13H16N4. The Morgan fingerprint density at radius 3 is 3.12 bits per heavy atom. The molecule has 0 bridgehead atoms. The van der Waals surface area contributed by atoms with Crippen LogP contribution in [-0.2, 0) is 0 Å². The van der Waals surface area contributed by atoms with E-state index in [0.717, 1.165) is 17.7 Å². The highest BCUT2D eigenvalue weighted by atomic mass is 15.1. The summed E-state index contributed by atoms with van der Waals surface area (Å²) >= 11 is 0. The van der Waals surface area contributed by atoms with Crippen LogP contribution in [0.2, 0.25) is 0 Å². The van der Waals surface area contributed by atoms with Crippen molar-refractivity contribution in [3.63, 3.8) is 0 Å². The molecule has 0 aliphatic carbocycles. The highest BCUT2D eigenvalue weighted by molar-refractivity contribution is 5.61. The Balaban J connectivity index is 2.39. The first-order chi connectivity index (χ1) is 8.22. The van der Waals surface area contributed by atoms with E-state index in [1.54, 1.807) is 6.20 Å². The van der Waals surface area contributed by atoms with Gasteiger partial charge in [0.1, 0.15) is 5.82 Å². The van der Waals surface area contributed by atoms with Gasteiger partial charge in [-0.25, -0.2) is 9.97 Å². The number of rotatable bonds is 4. The lowest BCUT2D eigenvalue weighted by atomic mass is 10.1. The zero-order chi connectivity index (χ0) is 12.3. The summed E-state index contributed by atoms with van der Waals surface area (Å²) in [6, 6.07) is 4.12. The lowest BCUT2D eigenvalue weighted by Crippen LogP contribution is -2.04. The topological polar surface area (TPSA) is 56.7 Å². The molecule has 0 amide bonds. The number of imidazole rings is 1. The van der Waals surface area contributed by atoms with Gasteiger partial charge in [0.2, 0.25) is 0 Å². The minimum Gasteiger partial charge on any atom is -0.384 e. The predicted molar refractivity (Wildman–Crippen MR) is 69.4 cm³/mol. The molecule has 2 rings (SSSR count). The van der Waals surface area contributed by atoms with E-state index in [0.29, 0.717) is 11.9 Å². The third-order valence-corrected chi connectivity index (χ3v) is 2.73. The first kappa shape index (κ1) is 11.4. The van der Waals surface area contributed by atoms with E-state index in [1.165, 1.54) is 0 Å². The van der Waals surface area contributed by atoms with Gasteiger partial charge in [0.15, 0.2) is 0 Å². The van der Waals surface area contributed by atoms with Gasteiger partial charge in [-0.2, -0.15) is 0 Å². The number of nitrogens with two attached hydrogens (primary N) is 1. The SMILES string of the molecule is C=CCC(C)n1cncc1-c1ccnc(N)c1. The summed E-state index contributed by atoms with van der Waals surface area (Å²) in [5.74, 6) is 0.520. The van der Waals surface area contributed by atoms with Crippen LogP contribution in [0.5, 0.6) is 0 Å². The van der Waals surface area contributed by atoms with Crippen LogP contribution in [0, 0.1) is 0 Å². The van der Waals surface area contributed by atoms with Crippen LogP contribution in [0.3, 0.4) is 0 Å². The van der Waals surface area contributed by atoms with E-state index < -0.39 is 0 Å². The average molecular weight is 228 g/mol. The van der Waals surface area contributed by atoms with Gasteiger partial charge < -0.3 is 10.3 Å². The fraction of sp³-hybridized carbons (Fsp3) is 0.231. The first-order valence-corrected chi connectivity index (χ1v) is 5.57. The monoisotopic (exact) mass is 228 g/mol. The largest absolute Gasteiger partial charge is 0.384 e. The molecule has 2 aromatic rings. The molecule has 0 fully saturated rings. The normalized spacial score (nSPS) is 12.3. The molecule has 4 heteroatoms. The third-order valence-electron chi connectivity index (χ3n) is 2.73. The number of pyridine rings is 1.